The first-order chi connectivity index (χ1) is 15.3. The summed E-state index contributed by atoms with van der Waals surface area (Å²) >= 11 is 7.68. The minimum absolute atomic E-state index is 0.117. The Kier molecular flexibility index (Phi) is 6.71. The van der Waals surface area contributed by atoms with E-state index in [0.717, 1.165) is 19.5 Å². The van der Waals surface area contributed by atoms with Gasteiger partial charge in [-0.2, -0.15) is 0 Å². The van der Waals surface area contributed by atoms with Gasteiger partial charge in [-0.3, -0.25) is 9.62 Å². The second kappa shape index (κ2) is 9.35. The van der Waals surface area contributed by atoms with E-state index in [0.29, 0.717) is 5.69 Å². The molecule has 6 nitrogen and oxygen atoms in total. The van der Waals surface area contributed by atoms with Gasteiger partial charge in [-0.1, -0.05) is 41.9 Å². The Morgan fingerprint density at radius 2 is 2.06 bits per heavy atom. The molecule has 1 saturated heterocycles. The van der Waals surface area contributed by atoms with Gasteiger partial charge in [0.1, 0.15) is 10.7 Å². The van der Waals surface area contributed by atoms with Crippen LogP contribution in [0.1, 0.15) is 18.9 Å². The zero-order valence-corrected chi connectivity index (χ0v) is 20.1. The van der Waals surface area contributed by atoms with Crippen molar-refractivity contribution >= 4 is 44.5 Å². The molecule has 4 rings (SSSR count). The highest BCUT2D eigenvalue weighted by molar-refractivity contribution is 7.92. The third-order valence-corrected chi connectivity index (χ3v) is 8.17. The number of hydrogen-bond donors (Lipinski definition) is 1. The Hall–Kier alpha value is -2.20. The highest BCUT2D eigenvalue weighted by Gasteiger charge is 2.34. The summed E-state index contributed by atoms with van der Waals surface area (Å²) in [5.74, 6) is -0.712. The summed E-state index contributed by atoms with van der Waals surface area (Å²) in [6.45, 7) is 3.90. The highest BCUT2D eigenvalue weighted by Crippen LogP contribution is 2.35. The standard InChI is InChI=1S/C22H24ClFN4O2S2/c1-15-19(8-9-28(15)12-16-6-4-3-5-7-16)27(2)20-11-18(24)21(10-17(20)23)32(29,30)26-22-13-31-14-25-22/h3-7,10-11,13-15,19,26H,8-9,12H2,1-2H3. The van der Waals surface area contributed by atoms with Crippen LogP contribution in [0.15, 0.2) is 58.3 Å². The molecule has 2 unspecified atom stereocenters. The zero-order chi connectivity index (χ0) is 22.9. The van der Waals surface area contributed by atoms with E-state index < -0.39 is 20.7 Å². The monoisotopic (exact) mass is 494 g/mol. The summed E-state index contributed by atoms with van der Waals surface area (Å²) in [5, 5.41) is 1.71. The minimum atomic E-state index is -4.14. The molecule has 2 aromatic carbocycles. The molecule has 0 spiro atoms. The summed E-state index contributed by atoms with van der Waals surface area (Å²) in [6, 6.07) is 13.0. The maximum Gasteiger partial charge on any atom is 0.266 e. The Bertz CT molecular complexity index is 1180. The maximum absolute atomic E-state index is 14.9. The van der Waals surface area contributed by atoms with Crippen LogP contribution in [0.4, 0.5) is 15.9 Å². The van der Waals surface area contributed by atoms with Crippen LogP contribution in [0.3, 0.4) is 0 Å². The van der Waals surface area contributed by atoms with Crippen molar-refractivity contribution in [3.8, 4) is 0 Å². The first-order valence-corrected chi connectivity index (χ1v) is 13.0. The maximum atomic E-state index is 14.9. The molecule has 1 N–H and O–H groups in total. The number of halogens is 2. The number of aromatic nitrogens is 1. The number of nitrogens with one attached hydrogen (secondary N) is 1. The number of likely N-dealkylation sites (tertiary alicyclic amines) is 1. The first kappa shape index (κ1) is 23.0. The van der Waals surface area contributed by atoms with Crippen LogP contribution in [0, 0.1) is 5.82 Å². The average Bonchev–Trinajstić information content (AvgIpc) is 3.39. The fourth-order valence-corrected chi connectivity index (χ4v) is 6.18. The molecule has 1 aromatic heterocycles. The van der Waals surface area contributed by atoms with Crippen molar-refractivity contribution in [2.45, 2.75) is 36.9 Å². The molecule has 32 heavy (non-hydrogen) atoms. The number of nitrogens with zero attached hydrogens (tertiary/aromatic N) is 3. The van der Waals surface area contributed by atoms with Crippen molar-refractivity contribution in [3.63, 3.8) is 0 Å². The van der Waals surface area contributed by atoms with E-state index in [1.54, 1.807) is 0 Å². The molecule has 10 heteroatoms. The summed E-state index contributed by atoms with van der Waals surface area (Å²) in [7, 11) is -2.27. The molecule has 1 aliphatic heterocycles. The molecule has 0 bridgehead atoms. The fraction of sp³-hybridized carbons (Fsp3) is 0.318. The number of anilines is 2. The van der Waals surface area contributed by atoms with Crippen LogP contribution in [0.5, 0.6) is 0 Å². The average molecular weight is 495 g/mol. The predicted molar refractivity (Wildman–Crippen MR) is 127 cm³/mol. The van der Waals surface area contributed by atoms with Gasteiger partial charge in [-0.25, -0.2) is 17.8 Å². The summed E-state index contributed by atoms with van der Waals surface area (Å²) in [5.41, 5.74) is 3.20. The van der Waals surface area contributed by atoms with Gasteiger partial charge in [-0.15, -0.1) is 11.3 Å². The van der Waals surface area contributed by atoms with Gasteiger partial charge in [0.2, 0.25) is 0 Å². The van der Waals surface area contributed by atoms with Crippen molar-refractivity contribution in [2.75, 3.05) is 23.2 Å². The molecule has 0 aliphatic carbocycles. The van der Waals surface area contributed by atoms with Crippen LogP contribution >= 0.6 is 22.9 Å². The molecule has 2 heterocycles. The lowest BCUT2D eigenvalue weighted by molar-refractivity contribution is 0.250. The van der Waals surface area contributed by atoms with Gasteiger partial charge in [0.25, 0.3) is 10.0 Å². The highest BCUT2D eigenvalue weighted by atomic mass is 35.5. The molecule has 1 fully saturated rings. The quantitative estimate of drug-likeness (QED) is 0.509. The van der Waals surface area contributed by atoms with Crippen LogP contribution in [-0.2, 0) is 16.6 Å². The van der Waals surface area contributed by atoms with Gasteiger partial charge >= 0.3 is 0 Å². The van der Waals surface area contributed by atoms with E-state index in [4.69, 9.17) is 11.6 Å². The zero-order valence-electron chi connectivity index (χ0n) is 17.7. The predicted octanol–water partition coefficient (Wildman–Crippen LogP) is 4.84. The van der Waals surface area contributed by atoms with Crippen molar-refractivity contribution < 1.29 is 12.8 Å². The lowest BCUT2D eigenvalue weighted by atomic mass is 10.1. The second-order valence-electron chi connectivity index (χ2n) is 7.88. The number of likely N-dealkylation sites (N-methyl/N-ethyl adjacent to an activating group) is 1. The third-order valence-electron chi connectivity index (χ3n) is 5.91. The molecule has 0 saturated carbocycles. The van der Waals surface area contributed by atoms with Crippen molar-refractivity contribution in [2.24, 2.45) is 0 Å². The van der Waals surface area contributed by atoms with E-state index in [9.17, 15) is 12.8 Å². The largest absolute Gasteiger partial charge is 0.369 e. The topological polar surface area (TPSA) is 65.5 Å². The molecular weight excluding hydrogens is 471 g/mol. The Labute approximate surface area is 196 Å². The van der Waals surface area contributed by atoms with E-state index in [-0.39, 0.29) is 22.9 Å². The van der Waals surface area contributed by atoms with Crippen molar-refractivity contribution in [1.82, 2.24) is 9.88 Å². The van der Waals surface area contributed by atoms with Gasteiger partial charge in [-0.05, 0) is 25.0 Å². The number of rotatable bonds is 7. The summed E-state index contributed by atoms with van der Waals surface area (Å²) in [4.78, 5) is 7.72. The SMILES string of the molecule is CC1C(N(C)c2cc(F)c(S(=O)(=O)Nc3cscn3)cc2Cl)CCN1Cc1ccccc1. The van der Waals surface area contributed by atoms with Gasteiger partial charge in [0.15, 0.2) is 5.82 Å². The van der Waals surface area contributed by atoms with Crippen molar-refractivity contribution in [3.05, 3.63) is 69.8 Å². The van der Waals surface area contributed by atoms with E-state index in [1.165, 1.54) is 39.9 Å². The molecule has 0 radical (unpaired) electrons. The molecular formula is C22H24ClFN4O2S2. The van der Waals surface area contributed by atoms with E-state index >= 15 is 0 Å². The number of sulfonamides is 1. The molecule has 1 aliphatic rings. The first-order valence-electron chi connectivity index (χ1n) is 10.2. The number of benzene rings is 2. The van der Waals surface area contributed by atoms with Crippen molar-refractivity contribution in [1.29, 1.82) is 0 Å². The smallest absolute Gasteiger partial charge is 0.266 e. The fourth-order valence-electron chi connectivity index (χ4n) is 4.17. The Morgan fingerprint density at radius 3 is 2.75 bits per heavy atom. The van der Waals surface area contributed by atoms with Crippen LogP contribution < -0.4 is 9.62 Å². The molecule has 3 aromatic rings. The van der Waals surface area contributed by atoms with Gasteiger partial charge < -0.3 is 4.90 Å². The van der Waals surface area contributed by atoms with Gasteiger partial charge in [0.05, 0.1) is 16.2 Å². The van der Waals surface area contributed by atoms with E-state index in [1.807, 2.05) is 30.1 Å². The Morgan fingerprint density at radius 1 is 1.31 bits per heavy atom. The number of thiazole rings is 1. The third kappa shape index (κ3) is 4.76. The molecule has 2 atom stereocenters. The van der Waals surface area contributed by atoms with Crippen LogP contribution in [0.25, 0.3) is 0 Å². The normalized spacial score (nSPS) is 19.2. The molecule has 170 valence electrons. The summed E-state index contributed by atoms with van der Waals surface area (Å²) in [6.07, 6.45) is 0.897. The minimum Gasteiger partial charge on any atom is -0.369 e. The lowest BCUT2D eigenvalue weighted by Crippen LogP contribution is -2.41. The lowest BCUT2D eigenvalue weighted by Gasteiger charge is -2.33. The van der Waals surface area contributed by atoms with Crippen LogP contribution in [-0.4, -0.2) is 44.0 Å². The molecule has 0 amide bonds. The summed E-state index contributed by atoms with van der Waals surface area (Å²) < 4.78 is 42.4. The van der Waals surface area contributed by atoms with Crippen LogP contribution in [0.2, 0.25) is 5.02 Å². The van der Waals surface area contributed by atoms with Gasteiger partial charge in [0, 0.05) is 43.7 Å². The number of hydrogen-bond acceptors (Lipinski definition) is 6. The van der Waals surface area contributed by atoms with E-state index in [2.05, 4.69) is 33.7 Å². The second-order valence-corrected chi connectivity index (χ2v) is 10.7. The Balaban J connectivity index is 1.53.